The number of methoxy groups -OCH3 is 1. The van der Waals surface area contributed by atoms with Gasteiger partial charge in [-0.3, -0.25) is 19.4 Å². The first-order valence-corrected chi connectivity index (χ1v) is 11.7. The summed E-state index contributed by atoms with van der Waals surface area (Å²) in [7, 11) is 1.51. The fraction of sp³-hybridized carbons (Fsp3) is 0.107. The van der Waals surface area contributed by atoms with E-state index in [0.29, 0.717) is 22.5 Å². The quantitative estimate of drug-likeness (QED) is 0.290. The highest BCUT2D eigenvalue weighted by atomic mass is 19.1. The number of halogens is 1. The number of furan rings is 1. The first-order chi connectivity index (χ1) is 18.8. The lowest BCUT2D eigenvalue weighted by molar-refractivity contribution is 0.101. The molecule has 11 heteroatoms. The zero-order chi connectivity index (χ0) is 27.7. The van der Waals surface area contributed by atoms with Gasteiger partial charge in [-0.2, -0.15) is 0 Å². The summed E-state index contributed by atoms with van der Waals surface area (Å²) in [5, 5.41) is 2.51. The number of anilines is 1. The minimum absolute atomic E-state index is 0.0706. The zero-order valence-electron chi connectivity index (χ0n) is 21.0. The highest BCUT2D eigenvalue weighted by molar-refractivity contribution is 6.06. The first-order valence-electron chi connectivity index (χ1n) is 11.7. The van der Waals surface area contributed by atoms with Crippen LogP contribution in [0, 0.1) is 12.7 Å². The fourth-order valence-electron chi connectivity index (χ4n) is 4.04. The van der Waals surface area contributed by atoms with Crippen LogP contribution in [0.3, 0.4) is 0 Å². The van der Waals surface area contributed by atoms with Gasteiger partial charge < -0.3 is 19.2 Å². The van der Waals surface area contributed by atoms with Crippen LogP contribution in [-0.2, 0) is 0 Å². The van der Waals surface area contributed by atoms with Crippen LogP contribution in [0.1, 0.15) is 33.3 Å². The Hall–Kier alpha value is -5.32. The Morgan fingerprint density at radius 2 is 1.87 bits per heavy atom. The number of amides is 1. The van der Waals surface area contributed by atoms with Crippen molar-refractivity contribution < 1.29 is 27.9 Å². The van der Waals surface area contributed by atoms with E-state index in [1.807, 2.05) is 0 Å². The number of rotatable bonds is 7. The van der Waals surface area contributed by atoms with Crippen LogP contribution in [0.15, 0.2) is 76.4 Å². The molecule has 4 aromatic heterocycles. The van der Waals surface area contributed by atoms with Crippen LogP contribution in [-0.4, -0.2) is 33.3 Å². The van der Waals surface area contributed by atoms with Gasteiger partial charge in [0.05, 0.1) is 25.1 Å². The summed E-state index contributed by atoms with van der Waals surface area (Å²) >= 11 is 0. The Bertz CT molecular complexity index is 1800. The van der Waals surface area contributed by atoms with Gasteiger partial charge in [0.15, 0.2) is 23.1 Å². The molecular formula is C28H21FN4O6. The molecule has 0 aliphatic heterocycles. The Balaban J connectivity index is 1.43. The number of hydrogen-bond acceptors (Lipinski definition) is 8. The number of fused-ring (bicyclic) bond motifs is 1. The van der Waals surface area contributed by atoms with E-state index in [4.69, 9.17) is 13.9 Å². The SMILES string of the molecule is COc1cnc2c(Oc3ccc(NC(=O)c4cc(C(C)=O)c(C)n(-c5ccco5)c4=O)cc3F)ccnc2c1. The van der Waals surface area contributed by atoms with Crippen molar-refractivity contribution in [3.63, 3.8) is 0 Å². The molecular weight excluding hydrogens is 507 g/mol. The second-order valence-corrected chi connectivity index (χ2v) is 8.46. The van der Waals surface area contributed by atoms with Gasteiger partial charge in [0.25, 0.3) is 11.5 Å². The summed E-state index contributed by atoms with van der Waals surface area (Å²) < 4.78 is 32.4. The lowest BCUT2D eigenvalue weighted by Gasteiger charge is -2.14. The van der Waals surface area contributed by atoms with E-state index in [1.165, 1.54) is 57.0 Å². The third-order valence-electron chi connectivity index (χ3n) is 5.96. The summed E-state index contributed by atoms with van der Waals surface area (Å²) in [5.41, 5.74) is 0.459. The number of carbonyl (C=O) groups is 2. The number of nitrogens with one attached hydrogen (secondary N) is 1. The maximum absolute atomic E-state index is 15.0. The van der Waals surface area contributed by atoms with Crippen molar-refractivity contribution in [3.05, 3.63) is 100 Å². The number of ether oxygens (including phenoxy) is 2. The molecule has 0 atom stereocenters. The molecule has 0 aliphatic rings. The van der Waals surface area contributed by atoms with Crippen LogP contribution in [0.4, 0.5) is 10.1 Å². The van der Waals surface area contributed by atoms with Crippen LogP contribution in [0.25, 0.3) is 16.9 Å². The van der Waals surface area contributed by atoms with Gasteiger partial charge in [-0.25, -0.2) is 13.9 Å². The summed E-state index contributed by atoms with van der Waals surface area (Å²) in [6.45, 7) is 2.90. The van der Waals surface area contributed by atoms with Crippen LogP contribution >= 0.6 is 0 Å². The van der Waals surface area contributed by atoms with E-state index in [2.05, 4.69) is 15.3 Å². The Morgan fingerprint density at radius 1 is 1.05 bits per heavy atom. The third kappa shape index (κ3) is 4.85. The summed E-state index contributed by atoms with van der Waals surface area (Å²) in [6, 6.07) is 11.4. The highest BCUT2D eigenvalue weighted by Crippen LogP contribution is 2.31. The van der Waals surface area contributed by atoms with Gasteiger partial charge in [-0.15, -0.1) is 0 Å². The number of Topliss-reactive ketones (excluding diaryl/α,β-unsaturated/α-hetero) is 1. The number of nitrogens with zero attached hydrogens (tertiary/aromatic N) is 3. The lowest BCUT2D eigenvalue weighted by Crippen LogP contribution is -2.31. The van der Waals surface area contributed by atoms with Gasteiger partial charge in [0.2, 0.25) is 5.88 Å². The van der Waals surface area contributed by atoms with Crippen LogP contribution < -0.4 is 20.3 Å². The molecule has 5 rings (SSSR count). The maximum atomic E-state index is 15.0. The number of ketones is 1. The van der Waals surface area contributed by atoms with Crippen LogP contribution in [0.5, 0.6) is 17.2 Å². The van der Waals surface area contributed by atoms with E-state index < -0.39 is 17.3 Å². The molecule has 1 aromatic carbocycles. The Labute approximate surface area is 220 Å². The molecule has 1 amide bonds. The maximum Gasteiger partial charge on any atom is 0.270 e. The predicted octanol–water partition coefficient (Wildman–Crippen LogP) is 5.08. The highest BCUT2D eigenvalue weighted by Gasteiger charge is 2.22. The molecule has 0 unspecified atom stereocenters. The van der Waals surface area contributed by atoms with E-state index in [9.17, 15) is 14.4 Å². The average molecular weight is 528 g/mol. The second-order valence-electron chi connectivity index (χ2n) is 8.46. The Kier molecular flexibility index (Phi) is 6.63. The van der Waals surface area contributed by atoms with Crippen molar-refractivity contribution in [2.75, 3.05) is 12.4 Å². The molecule has 0 radical (unpaired) electrons. The minimum atomic E-state index is -0.825. The first kappa shape index (κ1) is 25.3. The van der Waals surface area contributed by atoms with E-state index >= 15 is 4.39 Å². The standard InChI is InChI=1S/C28H21FN4O6/c1-15-19(16(2)34)13-20(28(36)33(15)25-5-4-10-38-25)27(35)32-17-6-7-23(21(29)11-17)39-24-8-9-30-22-12-18(37-3)14-31-26(22)24/h4-14H,1-3H3,(H,32,35). The summed E-state index contributed by atoms with van der Waals surface area (Å²) in [5.74, 6) is -1.12. The fourth-order valence-corrected chi connectivity index (χ4v) is 4.04. The molecule has 0 fully saturated rings. The lowest BCUT2D eigenvalue weighted by atomic mass is 10.1. The monoisotopic (exact) mass is 528 g/mol. The van der Waals surface area contributed by atoms with Crippen molar-refractivity contribution >= 4 is 28.4 Å². The van der Waals surface area contributed by atoms with Gasteiger partial charge in [-0.1, -0.05) is 0 Å². The van der Waals surface area contributed by atoms with Crippen LogP contribution in [0.2, 0.25) is 0 Å². The van der Waals surface area contributed by atoms with Crippen molar-refractivity contribution in [2.45, 2.75) is 13.8 Å². The Morgan fingerprint density at radius 3 is 2.56 bits per heavy atom. The van der Waals surface area contributed by atoms with E-state index in [0.717, 1.165) is 10.6 Å². The van der Waals surface area contributed by atoms with Gasteiger partial charge in [0.1, 0.15) is 16.8 Å². The average Bonchev–Trinajstić information content (AvgIpc) is 3.44. The molecule has 0 saturated heterocycles. The topological polar surface area (TPSA) is 126 Å². The second kappa shape index (κ2) is 10.2. The number of carbonyl (C=O) groups excluding carboxylic acids is 2. The molecule has 0 spiro atoms. The molecule has 0 saturated carbocycles. The molecule has 39 heavy (non-hydrogen) atoms. The number of pyridine rings is 3. The van der Waals surface area contributed by atoms with E-state index in [1.54, 1.807) is 25.1 Å². The predicted molar refractivity (Wildman–Crippen MR) is 140 cm³/mol. The molecule has 0 bridgehead atoms. The summed E-state index contributed by atoms with van der Waals surface area (Å²) in [6.07, 6.45) is 4.36. The van der Waals surface area contributed by atoms with Crippen molar-refractivity contribution in [3.8, 4) is 23.1 Å². The minimum Gasteiger partial charge on any atom is -0.495 e. The van der Waals surface area contributed by atoms with Crippen molar-refractivity contribution in [1.82, 2.24) is 14.5 Å². The number of aromatic nitrogens is 3. The smallest absolute Gasteiger partial charge is 0.270 e. The normalized spacial score (nSPS) is 10.9. The molecule has 0 aliphatic carbocycles. The van der Waals surface area contributed by atoms with Gasteiger partial charge in [0, 0.05) is 47.4 Å². The molecule has 10 nitrogen and oxygen atoms in total. The molecule has 5 aromatic rings. The largest absolute Gasteiger partial charge is 0.495 e. The number of hydrogen-bond donors (Lipinski definition) is 1. The molecule has 4 heterocycles. The van der Waals surface area contributed by atoms with Gasteiger partial charge in [-0.05, 0) is 38.1 Å². The third-order valence-corrected chi connectivity index (χ3v) is 5.96. The molecule has 1 N–H and O–H groups in total. The van der Waals surface area contributed by atoms with Crippen molar-refractivity contribution in [1.29, 1.82) is 0 Å². The number of benzene rings is 1. The molecule has 196 valence electrons. The van der Waals surface area contributed by atoms with Crippen molar-refractivity contribution in [2.24, 2.45) is 0 Å². The zero-order valence-corrected chi connectivity index (χ0v) is 21.0. The van der Waals surface area contributed by atoms with Gasteiger partial charge >= 0.3 is 0 Å². The summed E-state index contributed by atoms with van der Waals surface area (Å²) in [4.78, 5) is 47.0. The van der Waals surface area contributed by atoms with E-state index in [-0.39, 0.29) is 40.0 Å².